The third-order valence-electron chi connectivity index (χ3n) is 7.10. The van der Waals surface area contributed by atoms with Crippen LogP contribution in [0, 0.1) is 6.92 Å². The van der Waals surface area contributed by atoms with Crippen LogP contribution in [0.1, 0.15) is 37.9 Å². The summed E-state index contributed by atoms with van der Waals surface area (Å²) in [4.78, 5) is 27.6. The van der Waals surface area contributed by atoms with Crippen LogP contribution in [-0.2, 0) is 11.8 Å². The summed E-state index contributed by atoms with van der Waals surface area (Å²) in [6.07, 6.45) is 8.53. The van der Waals surface area contributed by atoms with Gasteiger partial charge in [0.1, 0.15) is 23.2 Å². The highest BCUT2D eigenvalue weighted by Crippen LogP contribution is 2.37. The molecule has 4 aliphatic rings. The molecule has 1 aliphatic carbocycles. The smallest absolute Gasteiger partial charge is 0.269 e. The van der Waals surface area contributed by atoms with Gasteiger partial charge >= 0.3 is 0 Å². The second kappa shape index (κ2) is 8.54. The monoisotopic (exact) mass is 463 g/mol. The maximum atomic E-state index is 12.3. The van der Waals surface area contributed by atoms with Crippen molar-refractivity contribution in [1.29, 1.82) is 0 Å². The minimum absolute atomic E-state index is 0.0545. The number of ether oxygens (including phenoxy) is 3. The van der Waals surface area contributed by atoms with E-state index in [9.17, 15) is 4.79 Å². The second-order valence-electron chi connectivity index (χ2n) is 9.56. The summed E-state index contributed by atoms with van der Waals surface area (Å²) in [5, 5.41) is 0. The van der Waals surface area contributed by atoms with E-state index < -0.39 is 0 Å². The van der Waals surface area contributed by atoms with Gasteiger partial charge in [0.05, 0.1) is 30.0 Å². The number of fused-ring (bicyclic) bond motifs is 3. The zero-order valence-corrected chi connectivity index (χ0v) is 19.5. The quantitative estimate of drug-likeness (QED) is 0.571. The summed E-state index contributed by atoms with van der Waals surface area (Å²) in [6, 6.07) is 5.93. The third-order valence-corrected chi connectivity index (χ3v) is 7.10. The summed E-state index contributed by atoms with van der Waals surface area (Å²) in [5.41, 5.74) is 2.44. The Labute approximate surface area is 197 Å². The molecule has 5 heterocycles. The Morgan fingerprint density at radius 1 is 1.03 bits per heavy atom. The maximum absolute atomic E-state index is 12.3. The molecular weight excluding hydrogens is 434 g/mol. The predicted molar refractivity (Wildman–Crippen MR) is 127 cm³/mol. The van der Waals surface area contributed by atoms with Gasteiger partial charge in [-0.1, -0.05) is 0 Å². The molecule has 1 aromatic carbocycles. The van der Waals surface area contributed by atoms with Gasteiger partial charge < -0.3 is 23.7 Å². The summed E-state index contributed by atoms with van der Waals surface area (Å²) >= 11 is 0. The molecular formula is C25H29N5O4. The van der Waals surface area contributed by atoms with Crippen LogP contribution in [0.4, 0.5) is 5.69 Å². The summed E-state index contributed by atoms with van der Waals surface area (Å²) in [5.74, 6) is 2.05. The Bertz CT molecular complexity index is 1250. The van der Waals surface area contributed by atoms with Gasteiger partial charge in [-0.2, -0.15) is 4.98 Å². The predicted octanol–water partition coefficient (Wildman–Crippen LogP) is 2.78. The van der Waals surface area contributed by atoms with Crippen LogP contribution in [0.15, 0.2) is 35.4 Å². The highest BCUT2D eigenvalue weighted by molar-refractivity contribution is 5.86. The fraction of sp³-hybridized carbons (Fsp3) is 0.520. The molecule has 3 saturated heterocycles. The van der Waals surface area contributed by atoms with Gasteiger partial charge in [0.15, 0.2) is 0 Å². The Morgan fingerprint density at radius 3 is 2.44 bits per heavy atom. The van der Waals surface area contributed by atoms with Crippen molar-refractivity contribution >= 4 is 16.7 Å². The fourth-order valence-electron chi connectivity index (χ4n) is 5.29. The average Bonchev–Trinajstić information content (AvgIpc) is 2.82. The van der Waals surface area contributed by atoms with Crippen LogP contribution in [0.25, 0.3) is 11.0 Å². The molecule has 7 rings (SSSR count). The van der Waals surface area contributed by atoms with Gasteiger partial charge in [-0.25, -0.2) is 9.97 Å². The van der Waals surface area contributed by atoms with E-state index in [1.807, 2.05) is 6.92 Å². The Hall–Kier alpha value is -3.20. The number of aryl methyl sites for hydroxylation is 2. The molecule has 34 heavy (non-hydrogen) atoms. The molecule has 2 atom stereocenters. The van der Waals surface area contributed by atoms with Crippen molar-refractivity contribution in [3.8, 4) is 11.6 Å². The molecule has 9 nitrogen and oxygen atoms in total. The van der Waals surface area contributed by atoms with E-state index in [-0.39, 0.29) is 17.8 Å². The van der Waals surface area contributed by atoms with Gasteiger partial charge in [0.2, 0.25) is 5.88 Å². The van der Waals surface area contributed by atoms with E-state index >= 15 is 0 Å². The van der Waals surface area contributed by atoms with E-state index in [2.05, 4.69) is 32.0 Å². The Balaban J connectivity index is 1.21. The van der Waals surface area contributed by atoms with Crippen LogP contribution in [0.3, 0.4) is 0 Å². The molecule has 0 spiro atoms. The molecule has 3 aliphatic heterocycles. The lowest BCUT2D eigenvalue weighted by atomic mass is 9.95. The largest absolute Gasteiger partial charge is 0.488 e. The Morgan fingerprint density at radius 2 is 1.74 bits per heavy atom. The maximum Gasteiger partial charge on any atom is 0.269 e. The van der Waals surface area contributed by atoms with Crippen molar-refractivity contribution in [3.63, 3.8) is 0 Å². The second-order valence-corrected chi connectivity index (χ2v) is 9.56. The number of nitrogens with zero attached hydrogens (tertiary/aromatic N) is 5. The van der Waals surface area contributed by atoms with Crippen molar-refractivity contribution in [2.24, 2.45) is 7.05 Å². The number of hydrogen-bond acceptors (Lipinski definition) is 8. The molecule has 2 bridgehead atoms. The number of piperidine rings is 1. The number of anilines is 1. The van der Waals surface area contributed by atoms with Gasteiger partial charge in [0, 0.05) is 50.6 Å². The highest BCUT2D eigenvalue weighted by Gasteiger charge is 2.38. The zero-order chi connectivity index (χ0) is 23.2. The number of hydrogen-bond donors (Lipinski definition) is 0. The van der Waals surface area contributed by atoms with Crippen molar-refractivity contribution in [3.05, 3.63) is 46.8 Å². The van der Waals surface area contributed by atoms with E-state index in [4.69, 9.17) is 14.2 Å². The van der Waals surface area contributed by atoms with Gasteiger partial charge in [-0.15, -0.1) is 0 Å². The lowest BCUT2D eigenvalue weighted by molar-refractivity contribution is -0.133. The lowest BCUT2D eigenvalue weighted by Gasteiger charge is -2.48. The highest BCUT2D eigenvalue weighted by atomic mass is 16.5. The van der Waals surface area contributed by atoms with Crippen molar-refractivity contribution in [1.82, 2.24) is 19.5 Å². The number of benzene rings is 1. The van der Waals surface area contributed by atoms with Gasteiger partial charge in [-0.05, 0) is 38.7 Å². The van der Waals surface area contributed by atoms with Crippen molar-refractivity contribution in [2.45, 2.75) is 63.4 Å². The number of rotatable bonds is 5. The average molecular weight is 464 g/mol. The molecule has 178 valence electrons. The number of aromatic nitrogens is 4. The SMILES string of the molecule is Cc1nccc(O[C@H]2CC[C@@H](Oc3cc(N4CC5CC(C4)O5)cc4ncc(=O)n(C)c34)CC2)n1. The summed E-state index contributed by atoms with van der Waals surface area (Å²) < 4.78 is 20.1. The molecule has 3 aromatic rings. The Kier molecular flexibility index (Phi) is 5.36. The summed E-state index contributed by atoms with van der Waals surface area (Å²) in [6.45, 7) is 3.61. The van der Waals surface area contributed by atoms with E-state index in [1.165, 1.54) is 6.20 Å². The topological polar surface area (TPSA) is 91.6 Å². The van der Waals surface area contributed by atoms with Crippen molar-refractivity contribution in [2.75, 3.05) is 18.0 Å². The van der Waals surface area contributed by atoms with Crippen LogP contribution >= 0.6 is 0 Å². The molecule has 2 unspecified atom stereocenters. The summed E-state index contributed by atoms with van der Waals surface area (Å²) in [7, 11) is 1.78. The van der Waals surface area contributed by atoms with Crippen molar-refractivity contribution < 1.29 is 14.2 Å². The molecule has 2 aromatic heterocycles. The zero-order valence-electron chi connectivity index (χ0n) is 19.5. The molecule has 0 radical (unpaired) electrons. The lowest BCUT2D eigenvalue weighted by Crippen LogP contribution is -2.57. The minimum atomic E-state index is -0.144. The first-order valence-electron chi connectivity index (χ1n) is 12.0. The first-order chi connectivity index (χ1) is 16.5. The fourth-order valence-corrected chi connectivity index (χ4v) is 5.29. The normalized spacial score (nSPS) is 26.2. The van der Waals surface area contributed by atoms with Crippen LogP contribution < -0.4 is 19.9 Å². The molecule has 0 N–H and O–H groups in total. The third kappa shape index (κ3) is 4.09. The first-order valence-corrected chi connectivity index (χ1v) is 12.0. The number of morpholine rings is 1. The molecule has 9 heteroatoms. The van der Waals surface area contributed by atoms with Gasteiger partial charge in [0.25, 0.3) is 5.56 Å². The van der Waals surface area contributed by atoms with Crippen LogP contribution in [-0.4, -0.2) is 57.0 Å². The molecule has 0 amide bonds. The minimum Gasteiger partial charge on any atom is -0.488 e. The van der Waals surface area contributed by atoms with E-state index in [0.717, 1.165) is 67.7 Å². The van der Waals surface area contributed by atoms with E-state index in [0.29, 0.717) is 23.9 Å². The molecule has 4 fully saturated rings. The van der Waals surface area contributed by atoms with E-state index in [1.54, 1.807) is 23.9 Å². The molecule has 1 saturated carbocycles. The first kappa shape index (κ1) is 21.3. The van der Waals surface area contributed by atoms with Crippen LogP contribution in [0.2, 0.25) is 0 Å². The standard InChI is InChI=1S/C25H29N5O4/c1-15-26-8-7-23(28-15)34-18-5-3-17(4-6-18)33-22-10-16(30-13-19-11-20(14-30)32-19)9-21-25(22)29(2)24(31)12-27-21/h7-10,12,17-20H,3-6,11,13-14H2,1-2H3/t17-,18+,19?,20?. The van der Waals surface area contributed by atoms with Crippen LogP contribution in [0.5, 0.6) is 11.6 Å². The van der Waals surface area contributed by atoms with Gasteiger partial charge in [-0.3, -0.25) is 4.79 Å².